The van der Waals surface area contributed by atoms with Crippen LogP contribution in [0, 0.1) is 5.82 Å². The van der Waals surface area contributed by atoms with Crippen molar-refractivity contribution in [2.24, 2.45) is 0 Å². The summed E-state index contributed by atoms with van der Waals surface area (Å²) in [6, 6.07) is 14.7. The highest BCUT2D eigenvalue weighted by atomic mass is 19.1. The van der Waals surface area contributed by atoms with Crippen LogP contribution in [0.25, 0.3) is 16.6 Å². The van der Waals surface area contributed by atoms with E-state index in [9.17, 15) is 4.39 Å². The summed E-state index contributed by atoms with van der Waals surface area (Å²) in [6.45, 7) is 0. The molecule has 0 saturated carbocycles. The maximum atomic E-state index is 13.0. The lowest BCUT2D eigenvalue weighted by Gasteiger charge is -2.06. The fraction of sp³-hybridized carbons (Fsp3) is 0.0625. The van der Waals surface area contributed by atoms with Crippen molar-refractivity contribution in [3.63, 3.8) is 0 Å². The summed E-state index contributed by atoms with van der Waals surface area (Å²) in [4.78, 5) is 0. The number of nitrogens with zero attached hydrogens (tertiary/aromatic N) is 4. The fourth-order valence-electron chi connectivity index (χ4n) is 2.58. The number of aromatic amines is 1. The first-order valence-electron chi connectivity index (χ1n) is 6.88. The van der Waals surface area contributed by atoms with Crippen molar-refractivity contribution < 1.29 is 4.39 Å². The molecule has 0 aliphatic carbocycles. The first kappa shape index (κ1) is 12.7. The van der Waals surface area contributed by atoms with Crippen molar-refractivity contribution in [3.8, 4) is 5.69 Å². The molecule has 0 atom stereocenters. The van der Waals surface area contributed by atoms with E-state index in [4.69, 9.17) is 0 Å². The number of fused-ring (bicyclic) bond motifs is 1. The lowest BCUT2D eigenvalue weighted by molar-refractivity contribution is 0.627. The highest BCUT2D eigenvalue weighted by molar-refractivity contribution is 5.82. The van der Waals surface area contributed by atoms with Gasteiger partial charge in [-0.25, -0.2) is 9.49 Å². The quantitative estimate of drug-likeness (QED) is 0.632. The summed E-state index contributed by atoms with van der Waals surface area (Å²) >= 11 is 0. The number of nitrogens with one attached hydrogen (secondary N) is 1. The van der Waals surface area contributed by atoms with Crippen LogP contribution in [0.15, 0.2) is 54.7 Å². The Balaban J connectivity index is 1.72. The van der Waals surface area contributed by atoms with Crippen LogP contribution in [-0.4, -0.2) is 25.2 Å². The molecule has 108 valence electrons. The Morgan fingerprint density at radius 2 is 1.91 bits per heavy atom. The Hall–Kier alpha value is -3.02. The molecule has 22 heavy (non-hydrogen) atoms. The van der Waals surface area contributed by atoms with E-state index in [-0.39, 0.29) is 5.82 Å². The van der Waals surface area contributed by atoms with E-state index in [1.807, 2.05) is 22.9 Å². The van der Waals surface area contributed by atoms with Crippen LogP contribution >= 0.6 is 0 Å². The van der Waals surface area contributed by atoms with Gasteiger partial charge in [-0.3, -0.25) is 0 Å². The van der Waals surface area contributed by atoms with E-state index in [1.165, 1.54) is 12.1 Å². The number of halogens is 1. The molecule has 1 N–H and O–H groups in total. The van der Waals surface area contributed by atoms with E-state index >= 15 is 0 Å². The lowest BCUT2D eigenvalue weighted by Crippen LogP contribution is -1.93. The Kier molecular flexibility index (Phi) is 2.93. The van der Waals surface area contributed by atoms with E-state index < -0.39 is 0 Å². The summed E-state index contributed by atoms with van der Waals surface area (Å²) in [5, 5.41) is 14.9. The molecule has 5 nitrogen and oxygen atoms in total. The van der Waals surface area contributed by atoms with Crippen LogP contribution < -0.4 is 0 Å². The third kappa shape index (κ3) is 2.24. The highest BCUT2D eigenvalue weighted by Crippen LogP contribution is 2.22. The molecule has 6 heteroatoms. The number of hydrogen-bond acceptors (Lipinski definition) is 3. The molecule has 2 heterocycles. The van der Waals surface area contributed by atoms with E-state index in [1.54, 1.807) is 12.1 Å². The predicted octanol–water partition coefficient (Wildman–Crippen LogP) is 2.87. The van der Waals surface area contributed by atoms with Crippen LogP contribution in [0.5, 0.6) is 0 Å². The van der Waals surface area contributed by atoms with Crippen molar-refractivity contribution >= 4 is 10.9 Å². The monoisotopic (exact) mass is 293 g/mol. The van der Waals surface area contributed by atoms with Gasteiger partial charge in [0.25, 0.3) is 0 Å². The Morgan fingerprint density at radius 3 is 2.68 bits per heavy atom. The third-order valence-electron chi connectivity index (χ3n) is 3.62. The number of benzene rings is 2. The minimum Gasteiger partial charge on any atom is -0.317 e. The van der Waals surface area contributed by atoms with Gasteiger partial charge in [-0.1, -0.05) is 6.07 Å². The molecule has 4 aromatic rings. The molecule has 2 aromatic heterocycles. The second kappa shape index (κ2) is 5.07. The summed E-state index contributed by atoms with van der Waals surface area (Å²) in [6.07, 6.45) is 2.64. The molecule has 0 amide bonds. The number of hydrogen-bond donors (Lipinski definition) is 1. The van der Waals surface area contributed by atoms with E-state index in [0.717, 1.165) is 28.0 Å². The van der Waals surface area contributed by atoms with Gasteiger partial charge in [0.15, 0.2) is 5.82 Å². The summed E-state index contributed by atoms with van der Waals surface area (Å²) in [5.74, 6) is 0.500. The largest absolute Gasteiger partial charge is 0.317 e. The van der Waals surface area contributed by atoms with Gasteiger partial charge in [-0.15, -0.1) is 5.10 Å². The van der Waals surface area contributed by atoms with Crippen molar-refractivity contribution in [2.45, 2.75) is 6.42 Å². The summed E-state index contributed by atoms with van der Waals surface area (Å²) in [5.41, 5.74) is 3.14. The van der Waals surface area contributed by atoms with Gasteiger partial charge in [0.05, 0.1) is 5.52 Å². The van der Waals surface area contributed by atoms with Crippen LogP contribution in [-0.2, 0) is 6.42 Å². The second-order valence-electron chi connectivity index (χ2n) is 5.08. The zero-order chi connectivity index (χ0) is 14.9. The van der Waals surface area contributed by atoms with Gasteiger partial charge in [0.1, 0.15) is 5.82 Å². The zero-order valence-electron chi connectivity index (χ0n) is 11.6. The minimum atomic E-state index is -0.233. The number of rotatable bonds is 3. The molecular weight excluding hydrogens is 281 g/mol. The molecule has 0 radical (unpaired) electrons. The van der Waals surface area contributed by atoms with Gasteiger partial charge >= 0.3 is 0 Å². The summed E-state index contributed by atoms with van der Waals surface area (Å²) in [7, 11) is 0. The maximum Gasteiger partial charge on any atom is 0.152 e. The first-order valence-corrected chi connectivity index (χ1v) is 6.88. The predicted molar refractivity (Wildman–Crippen MR) is 80.2 cm³/mol. The van der Waals surface area contributed by atoms with E-state index in [0.29, 0.717) is 6.42 Å². The van der Waals surface area contributed by atoms with Gasteiger partial charge in [-0.05, 0) is 58.5 Å². The summed E-state index contributed by atoms with van der Waals surface area (Å²) < 4.78 is 15.1. The van der Waals surface area contributed by atoms with Gasteiger partial charge in [0, 0.05) is 23.7 Å². The molecule has 0 bridgehead atoms. The van der Waals surface area contributed by atoms with Crippen LogP contribution in [0.2, 0.25) is 0 Å². The molecule has 0 aliphatic rings. The average Bonchev–Trinajstić information content (AvgIpc) is 3.17. The van der Waals surface area contributed by atoms with Gasteiger partial charge in [-0.2, -0.15) is 0 Å². The molecule has 0 aliphatic heterocycles. The van der Waals surface area contributed by atoms with Crippen molar-refractivity contribution in [3.05, 3.63) is 71.9 Å². The SMILES string of the molecule is Fc1ccc(-n2ccc3cc(Cc4nnn[nH]4)ccc32)cc1. The Labute approximate surface area is 125 Å². The maximum absolute atomic E-state index is 13.0. The van der Waals surface area contributed by atoms with Crippen molar-refractivity contribution in [1.29, 1.82) is 0 Å². The molecule has 2 aromatic carbocycles. The van der Waals surface area contributed by atoms with E-state index in [2.05, 4.69) is 32.8 Å². The topological polar surface area (TPSA) is 59.4 Å². The lowest BCUT2D eigenvalue weighted by atomic mass is 10.1. The van der Waals surface area contributed by atoms with Crippen LogP contribution in [0.4, 0.5) is 4.39 Å². The average molecular weight is 293 g/mol. The smallest absolute Gasteiger partial charge is 0.152 e. The first-order chi connectivity index (χ1) is 10.8. The van der Waals surface area contributed by atoms with Crippen LogP contribution in [0.1, 0.15) is 11.4 Å². The molecule has 0 saturated heterocycles. The molecule has 0 unspecified atom stereocenters. The van der Waals surface area contributed by atoms with Crippen LogP contribution in [0.3, 0.4) is 0 Å². The Bertz CT molecular complexity index is 910. The van der Waals surface area contributed by atoms with Gasteiger partial charge in [0.2, 0.25) is 0 Å². The third-order valence-corrected chi connectivity index (χ3v) is 3.62. The van der Waals surface area contributed by atoms with Crippen molar-refractivity contribution in [2.75, 3.05) is 0 Å². The minimum absolute atomic E-state index is 0.233. The normalized spacial score (nSPS) is 11.1. The standard InChI is InChI=1S/C16H12FN5/c17-13-2-4-14(5-3-13)22-8-7-12-9-11(1-6-15(12)22)10-16-18-20-21-19-16/h1-9H,10H2,(H,18,19,20,21). The number of aromatic nitrogens is 5. The highest BCUT2D eigenvalue weighted by Gasteiger charge is 2.06. The van der Waals surface area contributed by atoms with Crippen molar-refractivity contribution in [1.82, 2.24) is 25.2 Å². The molecule has 0 spiro atoms. The molecular formula is C16H12FN5. The molecule has 4 rings (SSSR count). The Morgan fingerprint density at radius 1 is 1.05 bits per heavy atom. The fourth-order valence-corrected chi connectivity index (χ4v) is 2.58. The second-order valence-corrected chi connectivity index (χ2v) is 5.08. The number of H-pyrrole nitrogens is 1. The number of tetrazole rings is 1. The molecule has 0 fully saturated rings. The zero-order valence-corrected chi connectivity index (χ0v) is 11.6. The van der Waals surface area contributed by atoms with Gasteiger partial charge < -0.3 is 4.57 Å².